The molecule has 1 N–H and O–H groups in total. The van der Waals surface area contributed by atoms with E-state index in [0.717, 1.165) is 30.2 Å². The number of carbonyl (C=O) groups excluding carboxylic acids is 2. The summed E-state index contributed by atoms with van der Waals surface area (Å²) in [7, 11) is -3.24. The van der Waals surface area contributed by atoms with Crippen molar-refractivity contribution in [2.24, 2.45) is 0 Å². The normalized spacial score (nSPS) is 15.2. The standard InChI is InChI=1S/C22H26N2O4S/c1-16-3-7-18(8-4-16)22(26)24-13-11-19(12-14-24)23-21(25)15-17-5-9-20(10-6-17)29(2,27)28/h3-10,19H,11-15H2,1-2H3,(H,23,25). The minimum absolute atomic E-state index is 0.0285. The summed E-state index contributed by atoms with van der Waals surface area (Å²) in [5.41, 5.74) is 2.58. The van der Waals surface area contributed by atoms with Crippen molar-refractivity contribution in [2.75, 3.05) is 19.3 Å². The van der Waals surface area contributed by atoms with Gasteiger partial charge in [-0.05, 0) is 49.6 Å². The van der Waals surface area contributed by atoms with E-state index in [1.54, 1.807) is 12.1 Å². The number of sulfone groups is 1. The minimum Gasteiger partial charge on any atom is -0.353 e. The lowest BCUT2D eigenvalue weighted by atomic mass is 10.0. The van der Waals surface area contributed by atoms with E-state index in [-0.39, 0.29) is 29.2 Å². The Morgan fingerprint density at radius 1 is 1.00 bits per heavy atom. The Labute approximate surface area is 171 Å². The number of nitrogens with one attached hydrogen (secondary N) is 1. The van der Waals surface area contributed by atoms with Crippen LogP contribution in [0.1, 0.15) is 34.3 Å². The molecule has 154 valence electrons. The minimum atomic E-state index is -3.24. The number of amides is 2. The van der Waals surface area contributed by atoms with Crippen LogP contribution in [0.3, 0.4) is 0 Å². The summed E-state index contributed by atoms with van der Waals surface area (Å²) in [6.07, 6.45) is 2.80. The summed E-state index contributed by atoms with van der Waals surface area (Å²) in [6, 6.07) is 14.0. The van der Waals surface area contributed by atoms with Gasteiger partial charge in [-0.1, -0.05) is 29.8 Å². The summed E-state index contributed by atoms with van der Waals surface area (Å²) in [6.45, 7) is 3.21. The zero-order valence-corrected chi connectivity index (χ0v) is 17.5. The fourth-order valence-electron chi connectivity index (χ4n) is 3.42. The van der Waals surface area contributed by atoms with Crippen molar-refractivity contribution in [3.63, 3.8) is 0 Å². The first-order valence-electron chi connectivity index (χ1n) is 9.67. The zero-order chi connectivity index (χ0) is 21.0. The molecule has 2 aromatic rings. The number of nitrogens with zero attached hydrogens (tertiary/aromatic N) is 1. The van der Waals surface area contributed by atoms with Gasteiger partial charge < -0.3 is 10.2 Å². The van der Waals surface area contributed by atoms with Gasteiger partial charge in [0.05, 0.1) is 11.3 Å². The maximum Gasteiger partial charge on any atom is 0.253 e. The van der Waals surface area contributed by atoms with E-state index in [2.05, 4.69) is 5.32 Å². The Morgan fingerprint density at radius 3 is 2.14 bits per heavy atom. The molecular formula is C22H26N2O4S. The van der Waals surface area contributed by atoms with E-state index < -0.39 is 9.84 Å². The molecule has 7 heteroatoms. The maximum absolute atomic E-state index is 12.6. The first kappa shape index (κ1) is 21.0. The Bertz CT molecular complexity index is 974. The molecule has 1 fully saturated rings. The predicted octanol–water partition coefficient (Wildman–Crippen LogP) is 2.36. The molecule has 0 aromatic heterocycles. The van der Waals surface area contributed by atoms with Crippen molar-refractivity contribution in [2.45, 2.75) is 37.1 Å². The number of aryl methyl sites for hydroxylation is 1. The molecule has 0 bridgehead atoms. The second-order valence-corrected chi connectivity index (χ2v) is 9.61. The molecule has 6 nitrogen and oxygen atoms in total. The van der Waals surface area contributed by atoms with E-state index in [1.165, 1.54) is 12.1 Å². The number of benzene rings is 2. The number of piperidine rings is 1. The van der Waals surface area contributed by atoms with Crippen LogP contribution < -0.4 is 5.32 Å². The van der Waals surface area contributed by atoms with Gasteiger partial charge in [0.15, 0.2) is 9.84 Å². The molecular weight excluding hydrogens is 388 g/mol. The first-order chi connectivity index (χ1) is 13.7. The third-order valence-corrected chi connectivity index (χ3v) is 6.29. The van der Waals surface area contributed by atoms with Gasteiger partial charge in [0.2, 0.25) is 5.91 Å². The molecule has 1 heterocycles. The molecule has 0 spiro atoms. The molecule has 1 saturated heterocycles. The van der Waals surface area contributed by atoms with E-state index >= 15 is 0 Å². The first-order valence-corrected chi connectivity index (χ1v) is 11.6. The number of hydrogen-bond acceptors (Lipinski definition) is 4. The van der Waals surface area contributed by atoms with Crippen molar-refractivity contribution >= 4 is 21.7 Å². The predicted molar refractivity (Wildman–Crippen MR) is 112 cm³/mol. The Hall–Kier alpha value is -2.67. The lowest BCUT2D eigenvalue weighted by molar-refractivity contribution is -0.121. The van der Waals surface area contributed by atoms with Crippen LogP contribution in [0.25, 0.3) is 0 Å². The summed E-state index contributed by atoms with van der Waals surface area (Å²) in [5, 5.41) is 3.02. The van der Waals surface area contributed by atoms with Crippen LogP contribution in [0.15, 0.2) is 53.4 Å². The molecule has 0 unspecified atom stereocenters. The van der Waals surface area contributed by atoms with Crippen LogP contribution in [-0.4, -0.2) is 50.5 Å². The van der Waals surface area contributed by atoms with Crippen LogP contribution in [0.2, 0.25) is 0 Å². The smallest absolute Gasteiger partial charge is 0.253 e. The summed E-state index contributed by atoms with van der Waals surface area (Å²) in [4.78, 5) is 27.0. The Kier molecular flexibility index (Phi) is 6.37. The van der Waals surface area contributed by atoms with Crippen molar-refractivity contribution < 1.29 is 18.0 Å². The van der Waals surface area contributed by atoms with Gasteiger partial charge in [0, 0.05) is 31.0 Å². The summed E-state index contributed by atoms with van der Waals surface area (Å²) in [5.74, 6) is -0.0684. The van der Waals surface area contributed by atoms with Gasteiger partial charge in [-0.25, -0.2) is 8.42 Å². The lowest BCUT2D eigenvalue weighted by Crippen LogP contribution is -2.46. The van der Waals surface area contributed by atoms with Crippen molar-refractivity contribution in [3.8, 4) is 0 Å². The van der Waals surface area contributed by atoms with Crippen LogP contribution in [0.4, 0.5) is 0 Å². The lowest BCUT2D eigenvalue weighted by Gasteiger charge is -2.32. The third kappa shape index (κ3) is 5.67. The van der Waals surface area contributed by atoms with Crippen LogP contribution in [0, 0.1) is 6.92 Å². The SMILES string of the molecule is Cc1ccc(C(=O)N2CCC(NC(=O)Cc3ccc(S(C)(=O)=O)cc3)CC2)cc1. The Balaban J connectivity index is 1.48. The molecule has 0 saturated carbocycles. The fraction of sp³-hybridized carbons (Fsp3) is 0.364. The highest BCUT2D eigenvalue weighted by Crippen LogP contribution is 2.15. The zero-order valence-electron chi connectivity index (χ0n) is 16.7. The van der Waals surface area contributed by atoms with Gasteiger partial charge in [-0.2, -0.15) is 0 Å². The molecule has 1 aliphatic heterocycles. The van der Waals surface area contributed by atoms with E-state index in [9.17, 15) is 18.0 Å². The Morgan fingerprint density at radius 2 is 1.59 bits per heavy atom. The maximum atomic E-state index is 12.6. The average Bonchev–Trinajstić information content (AvgIpc) is 2.68. The van der Waals surface area contributed by atoms with Crippen molar-refractivity contribution in [1.82, 2.24) is 10.2 Å². The second kappa shape index (κ2) is 8.78. The molecule has 0 radical (unpaired) electrons. The fourth-order valence-corrected chi connectivity index (χ4v) is 4.05. The van der Waals surface area contributed by atoms with E-state index in [0.29, 0.717) is 18.7 Å². The molecule has 0 aliphatic carbocycles. The van der Waals surface area contributed by atoms with E-state index in [1.807, 2.05) is 36.1 Å². The number of carbonyl (C=O) groups is 2. The van der Waals surface area contributed by atoms with Crippen LogP contribution in [0.5, 0.6) is 0 Å². The van der Waals surface area contributed by atoms with Crippen molar-refractivity contribution in [3.05, 3.63) is 65.2 Å². The monoisotopic (exact) mass is 414 g/mol. The van der Waals surface area contributed by atoms with E-state index in [4.69, 9.17) is 0 Å². The van der Waals surface area contributed by atoms with Gasteiger partial charge in [0.25, 0.3) is 5.91 Å². The van der Waals surface area contributed by atoms with Gasteiger partial charge in [0.1, 0.15) is 0 Å². The number of hydrogen-bond donors (Lipinski definition) is 1. The van der Waals surface area contributed by atoms with Crippen LogP contribution >= 0.6 is 0 Å². The molecule has 2 amide bonds. The largest absolute Gasteiger partial charge is 0.353 e. The average molecular weight is 415 g/mol. The van der Waals surface area contributed by atoms with Gasteiger partial charge >= 0.3 is 0 Å². The third-order valence-electron chi connectivity index (χ3n) is 5.16. The topological polar surface area (TPSA) is 83.6 Å². The molecule has 2 aromatic carbocycles. The summed E-state index contributed by atoms with van der Waals surface area (Å²) < 4.78 is 23.0. The highest BCUT2D eigenvalue weighted by Gasteiger charge is 2.24. The van der Waals surface area contributed by atoms with Crippen molar-refractivity contribution in [1.29, 1.82) is 0 Å². The number of rotatable bonds is 5. The quantitative estimate of drug-likeness (QED) is 0.814. The number of likely N-dealkylation sites (tertiary alicyclic amines) is 1. The van der Waals surface area contributed by atoms with Crippen LogP contribution in [-0.2, 0) is 21.1 Å². The van der Waals surface area contributed by atoms with Gasteiger partial charge in [-0.3, -0.25) is 9.59 Å². The molecule has 1 aliphatic rings. The summed E-state index contributed by atoms with van der Waals surface area (Å²) >= 11 is 0. The highest BCUT2D eigenvalue weighted by molar-refractivity contribution is 7.90. The highest BCUT2D eigenvalue weighted by atomic mass is 32.2. The molecule has 0 atom stereocenters. The molecule has 3 rings (SSSR count). The molecule has 29 heavy (non-hydrogen) atoms. The van der Waals surface area contributed by atoms with Gasteiger partial charge in [-0.15, -0.1) is 0 Å². The second-order valence-electron chi connectivity index (χ2n) is 7.59.